The Kier molecular flexibility index (Phi) is 2.97. The van der Waals surface area contributed by atoms with Crippen LogP contribution in [0.5, 0.6) is 0 Å². The first-order chi connectivity index (χ1) is 6.12. The number of rotatable bonds is 2. The summed E-state index contributed by atoms with van der Waals surface area (Å²) in [5, 5.41) is 0. The van der Waals surface area contributed by atoms with E-state index in [1.807, 2.05) is 34.6 Å². The normalized spacial score (nSPS) is 30.9. The second kappa shape index (κ2) is 3.48. The lowest BCUT2D eigenvalue weighted by Crippen LogP contribution is -2.17. The average Bonchev–Trinajstić information content (AvgIpc) is 2.22. The summed E-state index contributed by atoms with van der Waals surface area (Å²) in [5.41, 5.74) is -0.464. The molecule has 1 unspecified atom stereocenters. The molecule has 4 heteroatoms. The van der Waals surface area contributed by atoms with E-state index < -0.39 is 13.2 Å². The van der Waals surface area contributed by atoms with Crippen molar-refractivity contribution in [2.75, 3.05) is 6.61 Å². The Bertz CT molecular complexity index is 286. The van der Waals surface area contributed by atoms with Gasteiger partial charge >= 0.3 is 7.60 Å². The minimum atomic E-state index is -2.97. The van der Waals surface area contributed by atoms with Crippen molar-refractivity contribution in [3.63, 3.8) is 0 Å². The molecule has 1 atom stereocenters. The van der Waals surface area contributed by atoms with Crippen molar-refractivity contribution in [2.45, 2.75) is 40.2 Å². The Labute approximate surface area is 86.0 Å². The van der Waals surface area contributed by atoms with E-state index in [1.54, 1.807) is 11.9 Å². The van der Waals surface area contributed by atoms with Gasteiger partial charge in [-0.25, -0.2) is 0 Å². The molecule has 1 aliphatic rings. The highest BCUT2D eigenvalue weighted by atomic mass is 31.2. The Balaban J connectivity index is 2.56. The van der Waals surface area contributed by atoms with Crippen LogP contribution in [-0.2, 0) is 13.6 Å². The first-order valence-corrected chi connectivity index (χ1v) is 6.39. The molecule has 82 valence electrons. The molecule has 0 saturated carbocycles. The zero-order valence-corrected chi connectivity index (χ0v) is 10.4. The summed E-state index contributed by atoms with van der Waals surface area (Å²) >= 11 is 0. The van der Waals surface area contributed by atoms with E-state index >= 15 is 0 Å². The molecule has 0 aromatic heterocycles. The van der Waals surface area contributed by atoms with Gasteiger partial charge in [0, 0.05) is 5.82 Å². The van der Waals surface area contributed by atoms with Gasteiger partial charge in [-0.15, -0.1) is 0 Å². The third-order valence-electron chi connectivity index (χ3n) is 1.70. The summed E-state index contributed by atoms with van der Waals surface area (Å²) in [4.78, 5) is 0. The Morgan fingerprint density at radius 1 is 1.43 bits per heavy atom. The Morgan fingerprint density at radius 2 is 2.00 bits per heavy atom. The summed E-state index contributed by atoms with van der Waals surface area (Å²) < 4.78 is 22.6. The highest BCUT2D eigenvalue weighted by Gasteiger charge is 2.36. The molecule has 0 aromatic rings. The van der Waals surface area contributed by atoms with E-state index in [-0.39, 0.29) is 5.41 Å². The summed E-state index contributed by atoms with van der Waals surface area (Å²) in [7, 11) is -2.97. The molecular formula is C10H19O3P. The summed E-state index contributed by atoms with van der Waals surface area (Å²) in [6.07, 6.45) is 1.79. The van der Waals surface area contributed by atoms with Gasteiger partial charge in [0.25, 0.3) is 0 Å². The lowest BCUT2D eigenvalue weighted by molar-refractivity contribution is 0.111. The molecular weight excluding hydrogens is 199 g/mol. The van der Waals surface area contributed by atoms with Crippen molar-refractivity contribution in [3.8, 4) is 0 Å². The molecule has 0 radical (unpaired) electrons. The van der Waals surface area contributed by atoms with Crippen LogP contribution in [0, 0.1) is 5.41 Å². The van der Waals surface area contributed by atoms with Gasteiger partial charge in [0.1, 0.15) is 0 Å². The number of hydrogen-bond acceptors (Lipinski definition) is 3. The molecule has 0 spiro atoms. The van der Waals surface area contributed by atoms with Gasteiger partial charge in [-0.3, -0.25) is 9.09 Å². The summed E-state index contributed by atoms with van der Waals surface area (Å²) in [6, 6.07) is 0. The van der Waals surface area contributed by atoms with Crippen molar-refractivity contribution in [1.82, 2.24) is 0 Å². The van der Waals surface area contributed by atoms with E-state index in [4.69, 9.17) is 9.05 Å². The van der Waals surface area contributed by atoms with Gasteiger partial charge in [-0.05, 0) is 25.3 Å². The van der Waals surface area contributed by atoms with E-state index in [0.717, 1.165) is 0 Å². The van der Waals surface area contributed by atoms with E-state index in [1.165, 1.54) is 0 Å². The maximum atomic E-state index is 11.9. The van der Waals surface area contributed by atoms with Gasteiger partial charge < -0.3 is 4.52 Å². The van der Waals surface area contributed by atoms with E-state index in [9.17, 15) is 4.57 Å². The second-order valence-electron chi connectivity index (χ2n) is 5.38. The lowest BCUT2D eigenvalue weighted by Gasteiger charge is -2.23. The van der Waals surface area contributed by atoms with Gasteiger partial charge in [-0.1, -0.05) is 20.8 Å². The van der Waals surface area contributed by atoms with Crippen LogP contribution in [0.3, 0.4) is 0 Å². The smallest absolute Gasteiger partial charge is 0.305 e. The van der Waals surface area contributed by atoms with Crippen molar-refractivity contribution in [2.24, 2.45) is 5.41 Å². The van der Waals surface area contributed by atoms with Gasteiger partial charge in [0.2, 0.25) is 0 Å². The van der Waals surface area contributed by atoms with Crippen LogP contribution in [0.25, 0.3) is 0 Å². The van der Waals surface area contributed by atoms with Crippen LogP contribution < -0.4 is 0 Å². The van der Waals surface area contributed by atoms with Crippen LogP contribution >= 0.6 is 7.60 Å². The predicted molar refractivity (Wildman–Crippen MR) is 57.3 cm³/mol. The Morgan fingerprint density at radius 3 is 2.36 bits per heavy atom. The van der Waals surface area contributed by atoms with E-state index in [0.29, 0.717) is 6.61 Å². The van der Waals surface area contributed by atoms with Gasteiger partial charge in [0.15, 0.2) is 0 Å². The fraction of sp³-hybridized carbons (Fsp3) is 0.800. The molecule has 1 heterocycles. The van der Waals surface area contributed by atoms with Crippen LogP contribution in [0.2, 0.25) is 0 Å². The highest BCUT2D eigenvalue weighted by molar-refractivity contribution is 7.57. The van der Waals surface area contributed by atoms with E-state index in [2.05, 4.69) is 0 Å². The van der Waals surface area contributed by atoms with Crippen LogP contribution in [0.15, 0.2) is 11.9 Å². The lowest BCUT2D eigenvalue weighted by atomic mass is 9.99. The molecule has 0 amide bonds. The second-order valence-corrected chi connectivity index (χ2v) is 7.20. The predicted octanol–water partition coefficient (Wildman–Crippen LogP) is 3.56. The molecule has 1 aliphatic heterocycles. The van der Waals surface area contributed by atoms with Crippen molar-refractivity contribution in [3.05, 3.63) is 11.9 Å². The Hall–Kier alpha value is -0.110. The quantitative estimate of drug-likeness (QED) is 0.665. The zero-order chi connectivity index (χ0) is 11.0. The standard InChI is InChI=1S/C10H19O3P/c1-9(2,3)8-12-14(11)7-6-10(4,5)13-14/h6-7H,8H2,1-5H3. The molecule has 1 rings (SSSR count). The van der Waals surface area contributed by atoms with Gasteiger partial charge in [-0.2, -0.15) is 0 Å². The van der Waals surface area contributed by atoms with Crippen molar-refractivity contribution in [1.29, 1.82) is 0 Å². The molecule has 14 heavy (non-hydrogen) atoms. The summed E-state index contributed by atoms with van der Waals surface area (Å²) in [5.74, 6) is 1.55. The minimum Gasteiger partial charge on any atom is -0.305 e. The highest BCUT2D eigenvalue weighted by Crippen LogP contribution is 2.58. The SMILES string of the molecule is CC(C)(C)COP1(=O)C=CC(C)(C)O1. The topological polar surface area (TPSA) is 35.5 Å². The van der Waals surface area contributed by atoms with Crippen LogP contribution in [0.4, 0.5) is 0 Å². The molecule has 0 saturated heterocycles. The summed E-state index contributed by atoms with van der Waals surface area (Å²) in [6.45, 7) is 10.3. The molecule has 0 fully saturated rings. The third kappa shape index (κ3) is 3.56. The first kappa shape index (κ1) is 12.0. The average molecular weight is 218 g/mol. The van der Waals surface area contributed by atoms with Crippen LogP contribution in [-0.4, -0.2) is 12.2 Å². The third-order valence-corrected chi connectivity index (χ3v) is 3.43. The largest absolute Gasteiger partial charge is 0.354 e. The molecule has 0 bridgehead atoms. The minimum absolute atomic E-state index is 0.00133. The fourth-order valence-electron chi connectivity index (χ4n) is 1.01. The zero-order valence-electron chi connectivity index (χ0n) is 9.53. The molecule has 0 N–H and O–H groups in total. The maximum absolute atomic E-state index is 11.9. The molecule has 3 nitrogen and oxygen atoms in total. The molecule has 0 aliphatic carbocycles. The van der Waals surface area contributed by atoms with Crippen LogP contribution in [0.1, 0.15) is 34.6 Å². The van der Waals surface area contributed by atoms with Crippen molar-refractivity contribution < 1.29 is 13.6 Å². The fourth-order valence-corrected chi connectivity index (χ4v) is 3.04. The molecule has 0 aromatic carbocycles. The number of hydrogen-bond donors (Lipinski definition) is 0. The van der Waals surface area contributed by atoms with Gasteiger partial charge in [0.05, 0.1) is 12.2 Å². The monoisotopic (exact) mass is 218 g/mol. The maximum Gasteiger partial charge on any atom is 0.354 e. The van der Waals surface area contributed by atoms with Crippen molar-refractivity contribution >= 4 is 7.60 Å². The first-order valence-electron chi connectivity index (χ1n) is 4.77.